The highest BCUT2D eigenvalue weighted by molar-refractivity contribution is 9.10. The van der Waals surface area contributed by atoms with Gasteiger partial charge in [0, 0.05) is 16.0 Å². The van der Waals surface area contributed by atoms with Crippen LogP contribution in [0.3, 0.4) is 0 Å². The van der Waals surface area contributed by atoms with E-state index in [-0.39, 0.29) is 11.7 Å². The highest BCUT2D eigenvalue weighted by Gasteiger charge is 2.48. The van der Waals surface area contributed by atoms with Gasteiger partial charge in [0.05, 0.1) is 5.92 Å². The summed E-state index contributed by atoms with van der Waals surface area (Å²) in [4.78, 5) is 22.4. The van der Waals surface area contributed by atoms with Crippen LogP contribution in [0, 0.1) is 11.8 Å². The third-order valence-corrected chi connectivity index (χ3v) is 3.10. The largest absolute Gasteiger partial charge is 0.481 e. The van der Waals surface area contributed by atoms with Crippen LogP contribution in [0.2, 0.25) is 0 Å². The van der Waals surface area contributed by atoms with Crippen molar-refractivity contribution >= 4 is 27.7 Å². The molecule has 1 saturated carbocycles. The topological polar surface area (TPSA) is 54.4 Å². The number of carboxylic acid groups (broad SMARTS) is 1. The summed E-state index contributed by atoms with van der Waals surface area (Å²) in [5.74, 6) is -1.72. The van der Waals surface area contributed by atoms with E-state index in [4.69, 9.17) is 5.11 Å². The minimum absolute atomic E-state index is 0.0603. The van der Waals surface area contributed by atoms with Crippen molar-refractivity contribution in [3.63, 3.8) is 0 Å². The van der Waals surface area contributed by atoms with E-state index in [1.54, 1.807) is 24.3 Å². The highest BCUT2D eigenvalue weighted by Crippen LogP contribution is 2.41. The molecule has 0 saturated heterocycles. The molecule has 1 fully saturated rings. The third kappa shape index (κ3) is 2.09. The average Bonchev–Trinajstić information content (AvgIpc) is 2.97. The fraction of sp³-hybridized carbons (Fsp3) is 0.273. The lowest BCUT2D eigenvalue weighted by Crippen LogP contribution is -2.07. The van der Waals surface area contributed by atoms with Crippen molar-refractivity contribution in [2.45, 2.75) is 6.42 Å². The Morgan fingerprint density at radius 3 is 2.27 bits per heavy atom. The minimum atomic E-state index is -0.870. The maximum Gasteiger partial charge on any atom is 0.307 e. The Balaban J connectivity index is 2.10. The molecule has 3 nitrogen and oxygen atoms in total. The van der Waals surface area contributed by atoms with Gasteiger partial charge in [-0.3, -0.25) is 9.59 Å². The zero-order valence-corrected chi connectivity index (χ0v) is 9.40. The first-order valence-electron chi connectivity index (χ1n) is 4.62. The van der Waals surface area contributed by atoms with E-state index in [1.165, 1.54) is 0 Å². The maximum atomic E-state index is 11.8. The number of carboxylic acids is 1. The molecule has 0 aliphatic heterocycles. The van der Waals surface area contributed by atoms with Gasteiger partial charge >= 0.3 is 5.97 Å². The Kier molecular flexibility index (Phi) is 2.61. The van der Waals surface area contributed by atoms with E-state index < -0.39 is 11.9 Å². The first-order chi connectivity index (χ1) is 7.09. The fourth-order valence-corrected chi connectivity index (χ4v) is 1.85. The van der Waals surface area contributed by atoms with Crippen molar-refractivity contribution in [1.82, 2.24) is 0 Å². The number of Topliss-reactive ketones (excluding diaryl/α,β-unsaturated/α-hetero) is 1. The Bertz CT molecular complexity index is 410. The highest BCUT2D eigenvalue weighted by atomic mass is 79.9. The summed E-state index contributed by atoms with van der Waals surface area (Å²) in [7, 11) is 0. The Morgan fingerprint density at radius 2 is 1.80 bits per heavy atom. The summed E-state index contributed by atoms with van der Waals surface area (Å²) in [5.41, 5.74) is 0.590. The molecule has 0 unspecified atom stereocenters. The van der Waals surface area contributed by atoms with E-state index in [0.717, 1.165) is 4.47 Å². The number of halogens is 1. The molecule has 15 heavy (non-hydrogen) atoms. The molecule has 78 valence electrons. The molecule has 2 atom stereocenters. The average molecular weight is 269 g/mol. The number of rotatable bonds is 3. The van der Waals surface area contributed by atoms with Crippen molar-refractivity contribution in [3.8, 4) is 0 Å². The fourth-order valence-electron chi connectivity index (χ4n) is 1.59. The Labute approximate surface area is 95.2 Å². The Morgan fingerprint density at radius 1 is 1.20 bits per heavy atom. The molecule has 1 aromatic rings. The van der Waals surface area contributed by atoms with E-state index in [9.17, 15) is 9.59 Å². The molecule has 0 radical (unpaired) electrons. The van der Waals surface area contributed by atoms with Crippen LogP contribution >= 0.6 is 15.9 Å². The number of aliphatic carboxylic acids is 1. The van der Waals surface area contributed by atoms with E-state index in [1.807, 2.05) is 0 Å². The van der Waals surface area contributed by atoms with Crippen LogP contribution in [-0.2, 0) is 4.79 Å². The van der Waals surface area contributed by atoms with Gasteiger partial charge in [-0.2, -0.15) is 0 Å². The van der Waals surface area contributed by atoms with E-state index in [0.29, 0.717) is 12.0 Å². The van der Waals surface area contributed by atoms with Crippen molar-refractivity contribution in [2.75, 3.05) is 0 Å². The predicted octanol–water partition coefficient (Wildman–Crippen LogP) is 2.35. The molecule has 0 spiro atoms. The second-order valence-corrected chi connectivity index (χ2v) is 4.57. The van der Waals surface area contributed by atoms with Crippen LogP contribution in [0.5, 0.6) is 0 Å². The molecule has 1 aliphatic rings. The molecule has 1 aliphatic carbocycles. The number of benzene rings is 1. The second-order valence-electron chi connectivity index (χ2n) is 3.66. The van der Waals surface area contributed by atoms with Crippen LogP contribution in [0.1, 0.15) is 16.8 Å². The summed E-state index contributed by atoms with van der Waals surface area (Å²) >= 11 is 3.28. The molecule has 1 N–H and O–H groups in total. The van der Waals surface area contributed by atoms with Gasteiger partial charge in [0.1, 0.15) is 0 Å². The van der Waals surface area contributed by atoms with Crippen LogP contribution in [0.4, 0.5) is 0 Å². The number of hydrogen-bond acceptors (Lipinski definition) is 2. The minimum Gasteiger partial charge on any atom is -0.481 e. The lowest BCUT2D eigenvalue weighted by molar-refractivity contribution is -0.138. The number of hydrogen-bond donors (Lipinski definition) is 1. The summed E-state index contributed by atoms with van der Waals surface area (Å²) in [6.45, 7) is 0. The summed E-state index contributed by atoms with van der Waals surface area (Å²) in [6.07, 6.45) is 0.476. The molecular weight excluding hydrogens is 260 g/mol. The van der Waals surface area contributed by atoms with E-state index in [2.05, 4.69) is 15.9 Å². The zero-order valence-electron chi connectivity index (χ0n) is 7.81. The quantitative estimate of drug-likeness (QED) is 0.857. The van der Waals surface area contributed by atoms with Crippen LogP contribution in [0.25, 0.3) is 0 Å². The van der Waals surface area contributed by atoms with Crippen LogP contribution in [0.15, 0.2) is 28.7 Å². The Hall–Kier alpha value is -1.16. The van der Waals surface area contributed by atoms with Crippen LogP contribution < -0.4 is 0 Å². The normalized spacial score (nSPS) is 23.5. The van der Waals surface area contributed by atoms with Gasteiger partial charge in [-0.15, -0.1) is 0 Å². The van der Waals surface area contributed by atoms with Gasteiger partial charge < -0.3 is 5.11 Å². The van der Waals surface area contributed by atoms with Crippen LogP contribution in [-0.4, -0.2) is 16.9 Å². The second kappa shape index (κ2) is 3.77. The summed E-state index contributed by atoms with van der Waals surface area (Å²) in [6, 6.07) is 6.99. The lowest BCUT2D eigenvalue weighted by atomic mass is 10.1. The number of carbonyl (C=O) groups is 2. The molecule has 4 heteroatoms. The molecule has 0 bridgehead atoms. The van der Waals surface area contributed by atoms with Crippen molar-refractivity contribution < 1.29 is 14.7 Å². The van der Waals surface area contributed by atoms with Gasteiger partial charge in [0.15, 0.2) is 5.78 Å². The first-order valence-corrected chi connectivity index (χ1v) is 5.41. The smallest absolute Gasteiger partial charge is 0.307 e. The van der Waals surface area contributed by atoms with Crippen molar-refractivity contribution in [2.24, 2.45) is 11.8 Å². The first kappa shape index (κ1) is 10.4. The van der Waals surface area contributed by atoms with Crippen molar-refractivity contribution in [3.05, 3.63) is 34.3 Å². The summed E-state index contributed by atoms with van der Waals surface area (Å²) < 4.78 is 0.907. The van der Waals surface area contributed by atoms with Crippen molar-refractivity contribution in [1.29, 1.82) is 0 Å². The molecular formula is C11H9BrO3. The molecule has 0 amide bonds. The van der Waals surface area contributed by atoms with Gasteiger partial charge in [-0.25, -0.2) is 0 Å². The van der Waals surface area contributed by atoms with Gasteiger partial charge in [-0.05, 0) is 18.6 Å². The summed E-state index contributed by atoms with van der Waals surface area (Å²) in [5, 5.41) is 8.70. The molecule has 0 aromatic heterocycles. The molecule has 0 heterocycles. The molecule has 1 aromatic carbocycles. The predicted molar refractivity (Wildman–Crippen MR) is 57.7 cm³/mol. The zero-order chi connectivity index (χ0) is 11.0. The van der Waals surface area contributed by atoms with Gasteiger partial charge in [-0.1, -0.05) is 28.1 Å². The maximum absolute atomic E-state index is 11.8. The van der Waals surface area contributed by atoms with Gasteiger partial charge in [0.2, 0.25) is 0 Å². The number of carbonyl (C=O) groups excluding carboxylic acids is 1. The lowest BCUT2D eigenvalue weighted by Gasteiger charge is -1.98. The number of ketones is 1. The SMILES string of the molecule is O=C(O)[C@H]1C[C@@H]1C(=O)c1ccc(Br)cc1. The van der Waals surface area contributed by atoms with E-state index >= 15 is 0 Å². The molecule has 2 rings (SSSR count). The van der Waals surface area contributed by atoms with Gasteiger partial charge in [0.25, 0.3) is 0 Å². The third-order valence-electron chi connectivity index (χ3n) is 2.57. The monoisotopic (exact) mass is 268 g/mol. The standard InChI is InChI=1S/C11H9BrO3/c12-7-3-1-6(2-4-7)10(13)8-5-9(8)11(14)15/h1-4,8-9H,5H2,(H,14,15)/t8-,9-/m0/s1.